The number of benzene rings is 1. The van der Waals surface area contributed by atoms with Gasteiger partial charge in [0.05, 0.1) is 15.8 Å². The molecule has 0 bridgehead atoms. The minimum Gasteiger partial charge on any atom is -0.293 e. The molecule has 1 heterocycles. The van der Waals surface area contributed by atoms with Gasteiger partial charge in [-0.05, 0) is 56.2 Å². The second-order valence-electron chi connectivity index (χ2n) is 8.08. The van der Waals surface area contributed by atoms with Crippen molar-refractivity contribution in [2.75, 3.05) is 0 Å². The van der Waals surface area contributed by atoms with Crippen molar-refractivity contribution >= 4 is 20.9 Å². The lowest BCUT2D eigenvalue weighted by molar-refractivity contribution is 0.556. The molecule has 2 aliphatic rings. The van der Waals surface area contributed by atoms with Gasteiger partial charge in [0.1, 0.15) is 0 Å². The fraction of sp³-hybridized carbons (Fsp3) is 0.556. The summed E-state index contributed by atoms with van der Waals surface area (Å²) in [4.78, 5) is 25.2. The minimum absolute atomic E-state index is 0.0558. The van der Waals surface area contributed by atoms with Gasteiger partial charge in [-0.25, -0.2) is 17.9 Å². The van der Waals surface area contributed by atoms with Crippen LogP contribution in [0.25, 0.3) is 10.9 Å². The van der Waals surface area contributed by atoms with Crippen molar-refractivity contribution in [2.24, 2.45) is 18.9 Å². The number of hydrogen-bond acceptors (Lipinski definition) is 4. The van der Waals surface area contributed by atoms with Crippen LogP contribution in [-0.2, 0) is 23.6 Å². The van der Waals surface area contributed by atoms with Gasteiger partial charge in [0.25, 0.3) is 5.56 Å². The molecule has 0 amide bonds. The summed E-state index contributed by atoms with van der Waals surface area (Å²) >= 11 is 0. The molecule has 2 atom stereocenters. The smallest absolute Gasteiger partial charge is 0.293 e. The Morgan fingerprint density at radius 3 is 2.50 bits per heavy atom. The van der Waals surface area contributed by atoms with Gasteiger partial charge in [-0.1, -0.05) is 6.92 Å². The summed E-state index contributed by atoms with van der Waals surface area (Å²) in [6, 6.07) is 4.44. The first kappa shape index (κ1) is 17.5. The van der Waals surface area contributed by atoms with Gasteiger partial charge < -0.3 is 0 Å². The molecule has 2 aliphatic carbocycles. The van der Waals surface area contributed by atoms with Crippen LogP contribution in [0.1, 0.15) is 33.1 Å². The van der Waals surface area contributed by atoms with E-state index in [1.807, 2.05) is 6.92 Å². The number of hydrogen-bond donors (Lipinski definition) is 1. The SMILES string of the molecule is CC1CC1Cn1c(=O)n(C)c(=O)c2cc(S(=O)(=O)NC3(C)CC3)ccc21. The summed E-state index contributed by atoms with van der Waals surface area (Å²) in [5, 5.41) is 0.254. The van der Waals surface area contributed by atoms with Crippen molar-refractivity contribution in [2.45, 2.75) is 50.1 Å². The zero-order valence-corrected chi connectivity index (χ0v) is 16.0. The molecule has 1 N–H and O–H groups in total. The van der Waals surface area contributed by atoms with E-state index < -0.39 is 15.6 Å². The maximum absolute atomic E-state index is 12.6. The quantitative estimate of drug-likeness (QED) is 0.847. The average Bonchev–Trinajstić information content (AvgIpc) is 3.48. The van der Waals surface area contributed by atoms with Gasteiger partial charge in [-0.15, -0.1) is 0 Å². The second-order valence-corrected chi connectivity index (χ2v) is 9.76. The van der Waals surface area contributed by atoms with Gasteiger partial charge >= 0.3 is 5.69 Å². The number of fused-ring (bicyclic) bond motifs is 1. The van der Waals surface area contributed by atoms with Crippen molar-refractivity contribution in [3.05, 3.63) is 39.0 Å². The predicted molar refractivity (Wildman–Crippen MR) is 98.7 cm³/mol. The first-order valence-corrected chi connectivity index (χ1v) is 10.4. The van der Waals surface area contributed by atoms with Gasteiger partial charge in [0.15, 0.2) is 0 Å². The Labute approximate surface area is 151 Å². The van der Waals surface area contributed by atoms with Crippen molar-refractivity contribution in [3.8, 4) is 0 Å². The highest BCUT2D eigenvalue weighted by Gasteiger charge is 2.41. The normalized spacial score (nSPS) is 24.0. The maximum Gasteiger partial charge on any atom is 0.331 e. The number of aromatic nitrogens is 2. The van der Waals surface area contributed by atoms with E-state index in [4.69, 9.17) is 0 Å². The van der Waals surface area contributed by atoms with Crippen LogP contribution in [0.3, 0.4) is 0 Å². The van der Waals surface area contributed by atoms with Gasteiger partial charge in [0, 0.05) is 19.1 Å². The van der Waals surface area contributed by atoms with Gasteiger partial charge in [-0.3, -0.25) is 13.9 Å². The van der Waals surface area contributed by atoms with Crippen molar-refractivity contribution in [1.29, 1.82) is 0 Å². The van der Waals surface area contributed by atoms with Gasteiger partial charge in [-0.2, -0.15) is 0 Å². The number of rotatable bonds is 5. The van der Waals surface area contributed by atoms with Crippen molar-refractivity contribution in [3.63, 3.8) is 0 Å². The van der Waals surface area contributed by atoms with E-state index in [1.54, 1.807) is 10.6 Å². The summed E-state index contributed by atoms with van der Waals surface area (Å²) in [5.41, 5.74) is -0.728. The summed E-state index contributed by atoms with van der Waals surface area (Å²) in [6.45, 7) is 4.54. The highest BCUT2D eigenvalue weighted by molar-refractivity contribution is 7.89. The lowest BCUT2D eigenvalue weighted by Gasteiger charge is -2.15. The van der Waals surface area contributed by atoms with Crippen molar-refractivity contribution in [1.82, 2.24) is 13.9 Å². The first-order chi connectivity index (χ1) is 12.1. The van der Waals surface area contributed by atoms with E-state index in [0.717, 1.165) is 23.8 Å². The molecule has 0 aliphatic heterocycles. The fourth-order valence-corrected chi connectivity index (χ4v) is 4.87. The van der Waals surface area contributed by atoms with E-state index in [1.165, 1.54) is 19.2 Å². The predicted octanol–water partition coefficient (Wildman–Crippen LogP) is 1.19. The standard InChI is InChI=1S/C18H23N3O4S/c1-11-8-12(11)10-21-15-5-4-13(26(24,25)19-18(2)6-7-18)9-14(15)16(22)20(3)17(21)23/h4-5,9,11-12,19H,6-8,10H2,1-3H3. The van der Waals surface area contributed by atoms with Crippen LogP contribution >= 0.6 is 0 Å². The van der Waals surface area contributed by atoms with Crippen LogP contribution in [0.4, 0.5) is 0 Å². The summed E-state index contributed by atoms with van der Waals surface area (Å²) in [7, 11) is -2.27. The molecule has 2 saturated carbocycles. The lowest BCUT2D eigenvalue weighted by atomic mass is 10.2. The fourth-order valence-electron chi connectivity index (χ4n) is 3.38. The molecule has 7 nitrogen and oxygen atoms in total. The Hall–Kier alpha value is -1.93. The van der Waals surface area contributed by atoms with E-state index in [0.29, 0.717) is 23.9 Å². The van der Waals surface area contributed by atoms with Crippen LogP contribution in [0.15, 0.2) is 32.7 Å². The Morgan fingerprint density at radius 2 is 1.92 bits per heavy atom. The third-order valence-electron chi connectivity index (χ3n) is 5.70. The van der Waals surface area contributed by atoms with Crippen LogP contribution in [-0.4, -0.2) is 23.1 Å². The highest BCUT2D eigenvalue weighted by atomic mass is 32.2. The molecule has 2 fully saturated rings. The first-order valence-electron chi connectivity index (χ1n) is 8.89. The third-order valence-corrected chi connectivity index (χ3v) is 7.33. The summed E-state index contributed by atoms with van der Waals surface area (Å²) < 4.78 is 30.6. The van der Waals surface area contributed by atoms with E-state index >= 15 is 0 Å². The number of sulfonamides is 1. The molecular formula is C18H23N3O4S. The summed E-state index contributed by atoms with van der Waals surface area (Å²) in [6.07, 6.45) is 2.67. The Kier molecular flexibility index (Phi) is 3.72. The third kappa shape index (κ3) is 2.91. The molecule has 26 heavy (non-hydrogen) atoms. The molecule has 140 valence electrons. The maximum atomic E-state index is 12.6. The molecule has 8 heteroatoms. The Morgan fingerprint density at radius 1 is 1.27 bits per heavy atom. The molecule has 2 aromatic rings. The van der Waals surface area contributed by atoms with Crippen LogP contribution in [0.5, 0.6) is 0 Å². The molecule has 0 spiro atoms. The van der Waals surface area contributed by atoms with Crippen molar-refractivity contribution < 1.29 is 8.42 Å². The zero-order chi connectivity index (χ0) is 18.9. The topological polar surface area (TPSA) is 90.2 Å². The molecule has 0 radical (unpaired) electrons. The minimum atomic E-state index is -3.70. The molecule has 4 rings (SSSR count). The van der Waals surface area contributed by atoms with Gasteiger partial charge in [0.2, 0.25) is 10.0 Å². The molecule has 2 unspecified atom stereocenters. The molecule has 0 saturated heterocycles. The van der Waals surface area contributed by atoms with Crippen LogP contribution in [0.2, 0.25) is 0 Å². The van der Waals surface area contributed by atoms with Crippen LogP contribution in [0, 0.1) is 11.8 Å². The molecular weight excluding hydrogens is 354 g/mol. The monoisotopic (exact) mass is 377 g/mol. The molecule has 1 aromatic carbocycles. The largest absolute Gasteiger partial charge is 0.331 e. The second kappa shape index (κ2) is 5.53. The van der Waals surface area contributed by atoms with E-state index in [-0.39, 0.29) is 21.5 Å². The number of nitrogens with zero attached hydrogens (tertiary/aromatic N) is 2. The average molecular weight is 377 g/mol. The Balaban J connectivity index is 1.85. The van der Waals surface area contributed by atoms with E-state index in [9.17, 15) is 18.0 Å². The lowest BCUT2D eigenvalue weighted by Crippen LogP contribution is -2.39. The molecule has 1 aromatic heterocycles. The number of nitrogens with one attached hydrogen (secondary N) is 1. The summed E-state index contributed by atoms with van der Waals surface area (Å²) in [5.74, 6) is 0.991. The highest BCUT2D eigenvalue weighted by Crippen LogP contribution is 2.39. The zero-order valence-electron chi connectivity index (χ0n) is 15.2. The van der Waals surface area contributed by atoms with Crippen LogP contribution < -0.4 is 16.0 Å². The Bertz CT molecular complexity index is 1130. The van der Waals surface area contributed by atoms with E-state index in [2.05, 4.69) is 11.6 Å².